The van der Waals surface area contributed by atoms with Gasteiger partial charge in [-0.25, -0.2) is 9.97 Å². The van der Waals surface area contributed by atoms with Crippen LogP contribution in [0.1, 0.15) is 17.4 Å². The Balaban J connectivity index is 1.44. The number of piperazine rings is 1. The number of amides is 2. The zero-order valence-corrected chi connectivity index (χ0v) is 17.9. The smallest absolute Gasteiger partial charge is 0.312 e. The highest BCUT2D eigenvalue weighted by atomic mass is 35.5. The molecule has 3 aromatic rings. The van der Waals surface area contributed by atoms with E-state index < -0.39 is 11.8 Å². The van der Waals surface area contributed by atoms with Crippen molar-refractivity contribution >= 4 is 57.5 Å². The molecule has 4 rings (SSSR count). The van der Waals surface area contributed by atoms with E-state index in [1.165, 1.54) is 17.7 Å². The fourth-order valence-corrected chi connectivity index (χ4v) is 4.49. The van der Waals surface area contributed by atoms with Gasteiger partial charge in [0.05, 0.1) is 9.85 Å². The lowest BCUT2D eigenvalue weighted by molar-refractivity contribution is -0.158. The lowest BCUT2D eigenvalue weighted by Crippen LogP contribution is -2.58. The molecule has 2 N–H and O–H groups in total. The summed E-state index contributed by atoms with van der Waals surface area (Å²) in [6, 6.07) is 9.25. The molecule has 2 aromatic heterocycles. The van der Waals surface area contributed by atoms with E-state index in [2.05, 4.69) is 9.97 Å². The number of anilines is 1. The SMILES string of the molecule is CC1CN(Cc2ccc3c(N)ncnc3c2)C(=O)C(=O)N1C/C=C/c1ccc(Cl)s1. The number of hydrogen-bond donors (Lipinski definition) is 1. The molecule has 0 bridgehead atoms. The van der Waals surface area contributed by atoms with Crippen LogP contribution < -0.4 is 5.73 Å². The Morgan fingerprint density at radius 1 is 1.23 bits per heavy atom. The Kier molecular flexibility index (Phi) is 5.69. The number of nitrogen functional groups attached to an aromatic ring is 1. The molecule has 1 saturated heterocycles. The highest BCUT2D eigenvalue weighted by molar-refractivity contribution is 7.16. The van der Waals surface area contributed by atoms with Crippen molar-refractivity contribution in [2.45, 2.75) is 19.5 Å². The molecule has 30 heavy (non-hydrogen) atoms. The maximum Gasteiger partial charge on any atom is 0.312 e. The highest BCUT2D eigenvalue weighted by Crippen LogP contribution is 2.23. The maximum absolute atomic E-state index is 12.7. The first-order valence-electron chi connectivity index (χ1n) is 9.43. The van der Waals surface area contributed by atoms with Crippen LogP contribution in [0.4, 0.5) is 5.82 Å². The Morgan fingerprint density at radius 2 is 2.07 bits per heavy atom. The molecule has 3 heterocycles. The number of fused-ring (bicyclic) bond motifs is 1. The molecule has 1 atom stereocenters. The summed E-state index contributed by atoms with van der Waals surface area (Å²) in [5.41, 5.74) is 7.46. The van der Waals surface area contributed by atoms with E-state index in [1.54, 1.807) is 9.80 Å². The van der Waals surface area contributed by atoms with Crippen molar-refractivity contribution in [1.82, 2.24) is 19.8 Å². The summed E-state index contributed by atoms with van der Waals surface area (Å²) in [5.74, 6) is -0.573. The first kappa shape index (κ1) is 20.3. The zero-order chi connectivity index (χ0) is 21.3. The van der Waals surface area contributed by atoms with E-state index in [0.717, 1.165) is 15.8 Å². The van der Waals surface area contributed by atoms with Gasteiger partial charge in [-0.2, -0.15) is 0 Å². The first-order chi connectivity index (χ1) is 14.4. The summed E-state index contributed by atoms with van der Waals surface area (Å²) < 4.78 is 0.714. The zero-order valence-electron chi connectivity index (χ0n) is 16.3. The Labute approximate surface area is 182 Å². The van der Waals surface area contributed by atoms with E-state index in [0.29, 0.717) is 35.3 Å². The number of rotatable bonds is 5. The van der Waals surface area contributed by atoms with E-state index in [-0.39, 0.29) is 6.04 Å². The highest BCUT2D eigenvalue weighted by Gasteiger charge is 2.36. The van der Waals surface area contributed by atoms with Crippen molar-refractivity contribution in [3.05, 3.63) is 57.5 Å². The lowest BCUT2D eigenvalue weighted by atomic mass is 10.1. The second-order valence-corrected chi connectivity index (χ2v) is 8.89. The van der Waals surface area contributed by atoms with Gasteiger partial charge in [0.15, 0.2) is 0 Å². The number of halogens is 1. The molecule has 1 unspecified atom stereocenters. The molecule has 0 aliphatic carbocycles. The van der Waals surface area contributed by atoms with E-state index in [1.807, 2.05) is 49.4 Å². The minimum Gasteiger partial charge on any atom is -0.383 e. The van der Waals surface area contributed by atoms with Crippen LogP contribution in [0.3, 0.4) is 0 Å². The minimum absolute atomic E-state index is 0.0924. The van der Waals surface area contributed by atoms with Crippen LogP contribution in [0.2, 0.25) is 4.34 Å². The van der Waals surface area contributed by atoms with Gasteiger partial charge in [-0.1, -0.05) is 23.7 Å². The van der Waals surface area contributed by atoms with Gasteiger partial charge in [0.25, 0.3) is 0 Å². The van der Waals surface area contributed by atoms with Crippen molar-refractivity contribution in [3.63, 3.8) is 0 Å². The fraction of sp³-hybridized carbons (Fsp3) is 0.238. The molecule has 0 radical (unpaired) electrons. The average Bonchev–Trinajstić information content (AvgIpc) is 3.14. The number of hydrogen-bond acceptors (Lipinski definition) is 6. The summed E-state index contributed by atoms with van der Waals surface area (Å²) in [4.78, 5) is 37.8. The van der Waals surface area contributed by atoms with E-state index in [9.17, 15) is 9.59 Å². The standard InChI is InChI=1S/C21H20ClN5O2S/c1-13-10-26(11-14-4-6-16-17(9-14)24-12-25-19(16)23)20(28)21(29)27(13)8-2-3-15-5-7-18(22)30-15/h2-7,9,12-13H,8,10-11H2,1H3,(H2,23,24,25)/b3-2+. The second kappa shape index (κ2) is 8.41. The van der Waals surface area contributed by atoms with Gasteiger partial charge in [-0.3, -0.25) is 9.59 Å². The van der Waals surface area contributed by atoms with Crippen molar-refractivity contribution in [2.75, 3.05) is 18.8 Å². The molecule has 1 aliphatic rings. The third-order valence-corrected chi connectivity index (χ3v) is 6.23. The lowest BCUT2D eigenvalue weighted by Gasteiger charge is -2.38. The number of carbonyl (C=O) groups excluding carboxylic acids is 2. The van der Waals surface area contributed by atoms with Gasteiger partial charge in [0.1, 0.15) is 12.1 Å². The number of carbonyl (C=O) groups is 2. The molecule has 1 aromatic carbocycles. The topological polar surface area (TPSA) is 92.4 Å². The number of nitrogens with zero attached hydrogens (tertiary/aromatic N) is 4. The predicted molar refractivity (Wildman–Crippen MR) is 119 cm³/mol. The summed E-state index contributed by atoms with van der Waals surface area (Å²) >= 11 is 7.40. The van der Waals surface area contributed by atoms with Crippen LogP contribution in [0.5, 0.6) is 0 Å². The van der Waals surface area contributed by atoms with Crippen LogP contribution >= 0.6 is 22.9 Å². The van der Waals surface area contributed by atoms with Gasteiger partial charge < -0.3 is 15.5 Å². The third-order valence-electron chi connectivity index (χ3n) is 5.03. The predicted octanol–water partition coefficient (Wildman–Crippen LogP) is 3.20. The van der Waals surface area contributed by atoms with Gasteiger partial charge in [0.2, 0.25) is 0 Å². The van der Waals surface area contributed by atoms with Crippen molar-refractivity contribution in [1.29, 1.82) is 0 Å². The number of benzene rings is 1. The third kappa shape index (κ3) is 4.15. The summed E-state index contributed by atoms with van der Waals surface area (Å²) in [5, 5.41) is 0.764. The normalized spacial score (nSPS) is 17.5. The molecule has 0 saturated carbocycles. The first-order valence-corrected chi connectivity index (χ1v) is 10.6. The molecule has 1 fully saturated rings. The molecule has 1 aliphatic heterocycles. The molecule has 2 amide bonds. The second-order valence-electron chi connectivity index (χ2n) is 7.15. The van der Waals surface area contributed by atoms with Crippen LogP contribution in [0.25, 0.3) is 17.0 Å². The van der Waals surface area contributed by atoms with Gasteiger partial charge in [0, 0.05) is 35.9 Å². The Hall–Kier alpha value is -2.97. The maximum atomic E-state index is 12.7. The van der Waals surface area contributed by atoms with Crippen LogP contribution in [-0.2, 0) is 16.1 Å². The monoisotopic (exact) mass is 441 g/mol. The summed E-state index contributed by atoms with van der Waals surface area (Å²) in [6.45, 7) is 3.13. The van der Waals surface area contributed by atoms with Crippen LogP contribution in [0.15, 0.2) is 42.7 Å². The van der Waals surface area contributed by atoms with Gasteiger partial charge in [-0.05, 0) is 42.8 Å². The Bertz CT molecular complexity index is 1150. The number of aromatic nitrogens is 2. The molecular formula is C21H20ClN5O2S. The average molecular weight is 442 g/mol. The quantitative estimate of drug-likeness (QED) is 0.614. The van der Waals surface area contributed by atoms with E-state index in [4.69, 9.17) is 17.3 Å². The summed E-state index contributed by atoms with van der Waals surface area (Å²) in [6.07, 6.45) is 5.21. The van der Waals surface area contributed by atoms with Gasteiger partial charge >= 0.3 is 11.8 Å². The van der Waals surface area contributed by atoms with Crippen LogP contribution in [0, 0.1) is 0 Å². The Morgan fingerprint density at radius 3 is 2.83 bits per heavy atom. The number of nitrogens with two attached hydrogens (primary N) is 1. The number of thiophene rings is 1. The van der Waals surface area contributed by atoms with E-state index >= 15 is 0 Å². The molecular weight excluding hydrogens is 422 g/mol. The molecule has 0 spiro atoms. The van der Waals surface area contributed by atoms with Crippen molar-refractivity contribution in [2.24, 2.45) is 0 Å². The fourth-order valence-electron chi connectivity index (χ4n) is 3.50. The van der Waals surface area contributed by atoms with Crippen LogP contribution in [-0.4, -0.2) is 50.7 Å². The molecule has 154 valence electrons. The van der Waals surface area contributed by atoms with Crippen molar-refractivity contribution < 1.29 is 9.59 Å². The minimum atomic E-state index is -0.497. The molecule has 9 heteroatoms. The van der Waals surface area contributed by atoms with Gasteiger partial charge in [-0.15, -0.1) is 11.3 Å². The summed E-state index contributed by atoms with van der Waals surface area (Å²) in [7, 11) is 0. The largest absolute Gasteiger partial charge is 0.383 e. The van der Waals surface area contributed by atoms with Crippen molar-refractivity contribution in [3.8, 4) is 0 Å². The molecule has 7 nitrogen and oxygen atoms in total.